The Morgan fingerprint density at radius 2 is 1.74 bits per heavy atom. The molecule has 3 rings (SSSR count). The second-order valence-corrected chi connectivity index (χ2v) is 8.03. The molecule has 2 heterocycles. The normalized spacial score (nSPS) is 19.5. The summed E-state index contributed by atoms with van der Waals surface area (Å²) < 4.78 is 13.5. The molecular formula is C25H34FN5. The minimum atomic E-state index is -0.285. The van der Waals surface area contributed by atoms with Crippen molar-refractivity contribution < 1.29 is 4.39 Å². The van der Waals surface area contributed by atoms with E-state index in [1.54, 1.807) is 24.3 Å². The maximum atomic E-state index is 13.5. The number of likely N-dealkylation sites (tertiary alicyclic amines) is 2. The van der Waals surface area contributed by atoms with Gasteiger partial charge in [0.2, 0.25) is 0 Å². The lowest BCUT2D eigenvalue weighted by molar-refractivity contribution is 0.142. The van der Waals surface area contributed by atoms with Crippen LogP contribution in [0.5, 0.6) is 0 Å². The molecule has 2 fully saturated rings. The molecule has 2 aliphatic rings. The molecule has 0 radical (unpaired) electrons. The summed E-state index contributed by atoms with van der Waals surface area (Å²) in [5.74, 6) is 6.57. The van der Waals surface area contributed by atoms with Gasteiger partial charge in [-0.05, 0) is 79.9 Å². The third-order valence-electron chi connectivity index (χ3n) is 6.17. The molecule has 0 unspecified atom stereocenters. The van der Waals surface area contributed by atoms with Crippen LogP contribution >= 0.6 is 0 Å². The zero-order valence-corrected chi connectivity index (χ0v) is 18.2. The van der Waals surface area contributed by atoms with Crippen LogP contribution in [0.4, 0.5) is 4.39 Å². The summed E-state index contributed by atoms with van der Waals surface area (Å²) in [6.45, 7) is 12.4. The molecule has 6 heteroatoms. The highest BCUT2D eigenvalue weighted by Crippen LogP contribution is 2.33. The van der Waals surface area contributed by atoms with Gasteiger partial charge < -0.3 is 21.0 Å². The lowest BCUT2D eigenvalue weighted by Crippen LogP contribution is -2.47. The Morgan fingerprint density at radius 1 is 1.10 bits per heavy atom. The largest absolute Gasteiger partial charge is 0.405 e. The van der Waals surface area contributed by atoms with Crippen LogP contribution in [0.15, 0.2) is 78.8 Å². The van der Waals surface area contributed by atoms with Gasteiger partial charge in [0.15, 0.2) is 0 Å². The topological polar surface area (TPSA) is 70.5 Å². The number of halogens is 1. The summed E-state index contributed by atoms with van der Waals surface area (Å²) in [5.41, 5.74) is 11.9. The number of hydrogen-bond donors (Lipinski definition) is 3. The Labute approximate surface area is 185 Å². The van der Waals surface area contributed by atoms with Crippen LogP contribution < -0.4 is 17.0 Å². The third kappa shape index (κ3) is 5.46. The SMILES string of the molecule is C=C/C=C(\C=C/N)C(/C(=C)c1ccc(F)cc1)=C(/NN)N1CCC(N2CCCC2)CC1. The molecular weight excluding hydrogens is 389 g/mol. The molecule has 0 amide bonds. The fourth-order valence-corrected chi connectivity index (χ4v) is 4.59. The number of allylic oxidation sites excluding steroid dienone is 6. The summed E-state index contributed by atoms with van der Waals surface area (Å²) in [6, 6.07) is 6.95. The molecule has 0 bridgehead atoms. The molecule has 1 aromatic rings. The Kier molecular flexibility index (Phi) is 8.09. The van der Waals surface area contributed by atoms with Gasteiger partial charge in [-0.2, -0.15) is 0 Å². The summed E-state index contributed by atoms with van der Waals surface area (Å²) in [7, 11) is 0. The van der Waals surface area contributed by atoms with Crippen LogP contribution in [0.1, 0.15) is 31.2 Å². The van der Waals surface area contributed by atoms with E-state index in [0.717, 1.165) is 54.0 Å². The predicted molar refractivity (Wildman–Crippen MR) is 127 cm³/mol. The van der Waals surface area contributed by atoms with Crippen molar-refractivity contribution in [2.75, 3.05) is 26.2 Å². The number of hydrogen-bond acceptors (Lipinski definition) is 5. The zero-order valence-electron chi connectivity index (χ0n) is 18.2. The number of piperidine rings is 1. The van der Waals surface area contributed by atoms with Crippen molar-refractivity contribution in [3.05, 3.63) is 90.2 Å². The molecule has 0 aliphatic carbocycles. The second kappa shape index (κ2) is 11.0. The first kappa shape index (κ1) is 22.8. The van der Waals surface area contributed by atoms with Gasteiger partial charge in [0, 0.05) is 24.7 Å². The monoisotopic (exact) mass is 423 g/mol. The van der Waals surface area contributed by atoms with Gasteiger partial charge in [0.1, 0.15) is 11.6 Å². The molecule has 166 valence electrons. The maximum Gasteiger partial charge on any atom is 0.124 e. The molecule has 1 aromatic carbocycles. The van der Waals surface area contributed by atoms with Crippen molar-refractivity contribution in [2.24, 2.45) is 11.6 Å². The van der Waals surface area contributed by atoms with E-state index in [9.17, 15) is 4.39 Å². The van der Waals surface area contributed by atoms with E-state index >= 15 is 0 Å². The molecule has 0 saturated carbocycles. The first-order valence-corrected chi connectivity index (χ1v) is 11.0. The fraction of sp³-hybridized carbons (Fsp3) is 0.360. The van der Waals surface area contributed by atoms with Crippen molar-refractivity contribution in [1.29, 1.82) is 0 Å². The quantitative estimate of drug-likeness (QED) is 0.338. The molecule has 0 aromatic heterocycles. The van der Waals surface area contributed by atoms with E-state index in [1.807, 2.05) is 6.08 Å². The Bertz CT molecular complexity index is 854. The highest BCUT2D eigenvalue weighted by molar-refractivity contribution is 5.84. The molecule has 2 aliphatic heterocycles. The van der Waals surface area contributed by atoms with Crippen LogP contribution in [-0.2, 0) is 0 Å². The van der Waals surface area contributed by atoms with Crippen LogP contribution in [0, 0.1) is 5.82 Å². The van der Waals surface area contributed by atoms with Crippen LogP contribution in [-0.4, -0.2) is 42.0 Å². The number of nitrogens with zero attached hydrogens (tertiary/aromatic N) is 2. The summed E-state index contributed by atoms with van der Waals surface area (Å²) in [4.78, 5) is 4.90. The van der Waals surface area contributed by atoms with Gasteiger partial charge in [-0.3, -0.25) is 0 Å². The molecule has 5 nitrogen and oxygen atoms in total. The Hall–Kier alpha value is -2.83. The number of hydrazine groups is 1. The smallest absolute Gasteiger partial charge is 0.124 e. The number of rotatable bonds is 8. The van der Waals surface area contributed by atoms with Gasteiger partial charge >= 0.3 is 0 Å². The van der Waals surface area contributed by atoms with Gasteiger partial charge in [0.05, 0.1) is 0 Å². The molecule has 0 spiro atoms. The number of nitrogens with two attached hydrogens (primary N) is 2. The zero-order chi connectivity index (χ0) is 22.2. The standard InChI is InChI=1S/C25H34FN5/c1-3-6-21(11-14-27)24(19(2)20-7-9-22(26)10-8-20)25(29-28)31-17-12-23(13-18-31)30-15-4-5-16-30/h3,6-11,14,23,29H,1-2,4-5,12-13,15-18,27-28H2/b14-11-,21-6+,25-24-. The van der Waals surface area contributed by atoms with Gasteiger partial charge in [-0.1, -0.05) is 37.4 Å². The Morgan fingerprint density at radius 3 is 2.29 bits per heavy atom. The minimum absolute atomic E-state index is 0.285. The lowest BCUT2D eigenvalue weighted by Gasteiger charge is -2.39. The average molecular weight is 424 g/mol. The van der Waals surface area contributed by atoms with Gasteiger partial charge in [0.25, 0.3) is 0 Å². The first-order valence-electron chi connectivity index (χ1n) is 11.0. The van der Waals surface area contributed by atoms with Crippen molar-refractivity contribution >= 4 is 5.57 Å². The van der Waals surface area contributed by atoms with Crippen LogP contribution in [0.3, 0.4) is 0 Å². The second-order valence-electron chi connectivity index (χ2n) is 8.03. The minimum Gasteiger partial charge on any atom is -0.405 e. The van der Waals surface area contributed by atoms with Gasteiger partial charge in [-0.15, -0.1) is 0 Å². The lowest BCUT2D eigenvalue weighted by atomic mass is 9.91. The van der Waals surface area contributed by atoms with E-state index in [2.05, 4.69) is 28.4 Å². The van der Waals surface area contributed by atoms with Crippen molar-refractivity contribution in [3.8, 4) is 0 Å². The number of benzene rings is 1. The van der Waals surface area contributed by atoms with Crippen molar-refractivity contribution in [3.63, 3.8) is 0 Å². The molecule has 5 N–H and O–H groups in total. The molecule has 2 saturated heterocycles. The van der Waals surface area contributed by atoms with Crippen LogP contribution in [0.2, 0.25) is 0 Å². The first-order chi connectivity index (χ1) is 15.1. The molecule has 31 heavy (non-hydrogen) atoms. The van der Waals surface area contributed by atoms with E-state index in [1.165, 1.54) is 44.3 Å². The van der Waals surface area contributed by atoms with Crippen LogP contribution in [0.25, 0.3) is 5.57 Å². The predicted octanol–water partition coefficient (Wildman–Crippen LogP) is 3.66. The van der Waals surface area contributed by atoms with Gasteiger partial charge in [-0.25, -0.2) is 10.2 Å². The summed E-state index contributed by atoms with van der Waals surface area (Å²) in [6.07, 6.45) is 11.7. The highest BCUT2D eigenvalue weighted by Gasteiger charge is 2.29. The third-order valence-corrected chi connectivity index (χ3v) is 6.17. The number of nitrogens with one attached hydrogen (secondary N) is 1. The highest BCUT2D eigenvalue weighted by atomic mass is 19.1. The average Bonchev–Trinajstić information content (AvgIpc) is 3.33. The van der Waals surface area contributed by atoms with E-state index < -0.39 is 0 Å². The van der Waals surface area contributed by atoms with E-state index in [0.29, 0.717) is 6.04 Å². The Balaban J connectivity index is 1.96. The maximum absolute atomic E-state index is 13.5. The van der Waals surface area contributed by atoms with E-state index in [4.69, 9.17) is 11.6 Å². The van der Waals surface area contributed by atoms with Crippen molar-refractivity contribution in [2.45, 2.75) is 31.7 Å². The van der Waals surface area contributed by atoms with Crippen molar-refractivity contribution in [1.82, 2.24) is 15.2 Å². The molecule has 0 atom stereocenters. The fourth-order valence-electron chi connectivity index (χ4n) is 4.59. The summed E-state index contributed by atoms with van der Waals surface area (Å²) >= 11 is 0. The van der Waals surface area contributed by atoms with E-state index in [-0.39, 0.29) is 5.82 Å². The summed E-state index contributed by atoms with van der Waals surface area (Å²) in [5, 5.41) is 0.